The quantitative estimate of drug-likeness (QED) is 0.296. The second-order valence-corrected chi connectivity index (χ2v) is 8.03. The van der Waals surface area contributed by atoms with Crippen LogP contribution < -0.4 is 10.6 Å². The van der Waals surface area contributed by atoms with E-state index in [-0.39, 0.29) is 11.1 Å². The maximum Gasteiger partial charge on any atom is 0.259 e. The molecule has 33 heavy (non-hydrogen) atoms. The normalized spacial score (nSPS) is 14.2. The van der Waals surface area contributed by atoms with Crippen molar-refractivity contribution in [3.8, 4) is 0 Å². The molecule has 0 radical (unpaired) electrons. The number of aryl methyl sites for hydroxylation is 1. The lowest BCUT2D eigenvalue weighted by Gasteiger charge is -2.05. The van der Waals surface area contributed by atoms with Crippen LogP contribution in [-0.2, 0) is 16.1 Å². The van der Waals surface area contributed by atoms with Crippen molar-refractivity contribution in [2.24, 2.45) is 0 Å². The number of rotatable bonds is 7. The number of carbonyl (C=O) groups is 2. The number of imide groups is 1. The van der Waals surface area contributed by atoms with Gasteiger partial charge in [-0.3, -0.25) is 14.9 Å². The molecule has 0 saturated heterocycles. The van der Waals surface area contributed by atoms with E-state index in [9.17, 15) is 18.4 Å². The monoisotopic (exact) mass is 448 g/mol. The number of halogens is 2. The van der Waals surface area contributed by atoms with Gasteiger partial charge in [-0.15, -0.1) is 0 Å². The Kier molecular flexibility index (Phi) is 5.30. The molecule has 6 nitrogen and oxygen atoms in total. The molecule has 0 spiro atoms. The molecule has 4 aromatic rings. The van der Waals surface area contributed by atoms with Crippen LogP contribution in [0.25, 0.3) is 33.0 Å². The summed E-state index contributed by atoms with van der Waals surface area (Å²) in [6, 6.07) is 8.66. The zero-order chi connectivity index (χ0) is 23.1. The van der Waals surface area contributed by atoms with Gasteiger partial charge in [0.2, 0.25) is 0 Å². The minimum absolute atomic E-state index is 0.146. The topological polar surface area (TPSA) is 78.9 Å². The van der Waals surface area contributed by atoms with E-state index in [1.165, 1.54) is 24.3 Å². The smallest absolute Gasteiger partial charge is 0.259 e. The highest BCUT2D eigenvalue weighted by Gasteiger charge is 2.35. The van der Waals surface area contributed by atoms with Crippen LogP contribution >= 0.6 is 0 Å². The first kappa shape index (κ1) is 21.1. The Labute approximate surface area is 188 Å². The molecular formula is C25H22F2N4O2. The predicted molar refractivity (Wildman–Crippen MR) is 123 cm³/mol. The molecule has 2 aromatic carbocycles. The average Bonchev–Trinajstić information content (AvgIpc) is 3.43. The predicted octanol–water partition coefficient (Wildman–Crippen LogP) is 3.97. The van der Waals surface area contributed by atoms with Gasteiger partial charge in [0.05, 0.1) is 11.1 Å². The van der Waals surface area contributed by atoms with E-state index < -0.39 is 23.4 Å². The van der Waals surface area contributed by atoms with E-state index in [2.05, 4.69) is 15.6 Å². The van der Waals surface area contributed by atoms with E-state index in [0.717, 1.165) is 25.0 Å². The molecule has 1 aliphatic heterocycles. The van der Waals surface area contributed by atoms with Crippen molar-refractivity contribution in [3.05, 3.63) is 71.6 Å². The van der Waals surface area contributed by atoms with Crippen LogP contribution in [0.4, 0.5) is 8.78 Å². The van der Waals surface area contributed by atoms with Gasteiger partial charge in [-0.05, 0) is 55.9 Å². The number of nitrogens with one attached hydrogen (secondary N) is 3. The van der Waals surface area contributed by atoms with E-state index in [4.69, 9.17) is 0 Å². The number of carbonyl (C=O) groups excluding carboxylic acids is 2. The number of aromatic amines is 1. The molecule has 0 saturated carbocycles. The van der Waals surface area contributed by atoms with Crippen LogP contribution in [0.3, 0.4) is 0 Å². The van der Waals surface area contributed by atoms with Crippen molar-refractivity contribution in [2.75, 3.05) is 13.1 Å². The molecule has 0 unspecified atom stereocenters. The molecule has 0 atom stereocenters. The molecule has 0 fully saturated rings. The highest BCUT2D eigenvalue weighted by atomic mass is 19.1. The lowest BCUT2D eigenvalue weighted by molar-refractivity contribution is -0.122. The maximum absolute atomic E-state index is 14.2. The standard InChI is InChI=1S/C25H22F2N4O2/c1-2-28-8-3-9-31-13-19(17-11-15(27)5-7-21(17)31)23-22(24(32)30-25(23)33)18-12-29-20-6-4-14(26)10-16(18)20/h4-7,10-13,28-29H,2-3,8-9H2,1H3,(H,30,32,33). The Balaban J connectivity index is 1.71. The molecule has 0 aliphatic carbocycles. The second-order valence-electron chi connectivity index (χ2n) is 8.03. The van der Waals surface area contributed by atoms with Gasteiger partial charge >= 0.3 is 0 Å². The molecule has 3 heterocycles. The Hall–Kier alpha value is -3.78. The van der Waals surface area contributed by atoms with Crippen molar-refractivity contribution in [2.45, 2.75) is 19.9 Å². The van der Waals surface area contributed by atoms with Crippen molar-refractivity contribution >= 4 is 44.8 Å². The number of benzene rings is 2. The lowest BCUT2D eigenvalue weighted by Crippen LogP contribution is -2.22. The number of fused-ring (bicyclic) bond motifs is 2. The molecule has 1 aliphatic rings. The van der Waals surface area contributed by atoms with Gasteiger partial charge in [-0.1, -0.05) is 6.92 Å². The molecule has 8 heteroatoms. The average molecular weight is 448 g/mol. The summed E-state index contributed by atoms with van der Waals surface area (Å²) in [5.41, 5.74) is 2.61. The molecule has 2 aromatic heterocycles. The van der Waals surface area contributed by atoms with Crippen molar-refractivity contribution in [3.63, 3.8) is 0 Å². The fourth-order valence-corrected chi connectivity index (χ4v) is 4.47. The summed E-state index contributed by atoms with van der Waals surface area (Å²) in [5.74, 6) is -2.01. The number of amides is 2. The Morgan fingerprint density at radius 2 is 1.64 bits per heavy atom. The van der Waals surface area contributed by atoms with Gasteiger partial charge in [0, 0.05) is 51.9 Å². The van der Waals surface area contributed by atoms with Crippen LogP contribution in [0.2, 0.25) is 0 Å². The zero-order valence-corrected chi connectivity index (χ0v) is 18.0. The van der Waals surface area contributed by atoms with Crippen LogP contribution in [0.15, 0.2) is 48.8 Å². The summed E-state index contributed by atoms with van der Waals surface area (Å²) < 4.78 is 30.1. The van der Waals surface area contributed by atoms with Crippen LogP contribution in [0.1, 0.15) is 24.5 Å². The second kappa shape index (κ2) is 8.29. The largest absolute Gasteiger partial charge is 0.361 e. The van der Waals surface area contributed by atoms with Crippen LogP contribution in [0.5, 0.6) is 0 Å². The lowest BCUT2D eigenvalue weighted by atomic mass is 9.95. The number of hydrogen-bond donors (Lipinski definition) is 3. The number of hydrogen-bond acceptors (Lipinski definition) is 3. The van der Waals surface area contributed by atoms with Gasteiger partial charge < -0.3 is 14.9 Å². The zero-order valence-electron chi connectivity index (χ0n) is 18.0. The summed E-state index contributed by atoms with van der Waals surface area (Å²) >= 11 is 0. The molecule has 5 rings (SSSR count). The van der Waals surface area contributed by atoms with E-state index in [1.54, 1.807) is 24.5 Å². The molecular weight excluding hydrogens is 426 g/mol. The summed E-state index contributed by atoms with van der Waals surface area (Å²) in [6.07, 6.45) is 4.22. The van der Waals surface area contributed by atoms with Crippen molar-refractivity contribution in [1.29, 1.82) is 0 Å². The fraction of sp³-hybridized carbons (Fsp3) is 0.200. The Morgan fingerprint density at radius 1 is 0.939 bits per heavy atom. The van der Waals surface area contributed by atoms with Gasteiger partial charge in [-0.2, -0.15) is 0 Å². The summed E-state index contributed by atoms with van der Waals surface area (Å²) in [7, 11) is 0. The summed E-state index contributed by atoms with van der Waals surface area (Å²) in [6.45, 7) is 4.38. The fourth-order valence-electron chi connectivity index (χ4n) is 4.47. The molecule has 3 N–H and O–H groups in total. The number of H-pyrrole nitrogens is 1. The van der Waals surface area contributed by atoms with Gasteiger partial charge in [0.1, 0.15) is 11.6 Å². The maximum atomic E-state index is 14.2. The molecule has 168 valence electrons. The van der Waals surface area contributed by atoms with E-state index >= 15 is 0 Å². The highest BCUT2D eigenvalue weighted by Crippen LogP contribution is 2.38. The summed E-state index contributed by atoms with van der Waals surface area (Å²) in [5, 5.41) is 6.67. The minimum atomic E-state index is -0.565. The number of aromatic nitrogens is 2. The summed E-state index contributed by atoms with van der Waals surface area (Å²) in [4.78, 5) is 28.8. The third-order valence-electron chi connectivity index (χ3n) is 5.96. The minimum Gasteiger partial charge on any atom is -0.361 e. The molecule has 2 amide bonds. The Bertz CT molecular complexity index is 1450. The van der Waals surface area contributed by atoms with Crippen molar-refractivity contribution in [1.82, 2.24) is 20.2 Å². The van der Waals surface area contributed by atoms with Gasteiger partial charge in [-0.25, -0.2) is 8.78 Å². The van der Waals surface area contributed by atoms with Crippen LogP contribution in [0, 0.1) is 11.6 Å². The van der Waals surface area contributed by atoms with E-state index in [1.807, 2.05) is 11.5 Å². The first-order valence-corrected chi connectivity index (χ1v) is 10.8. The van der Waals surface area contributed by atoms with E-state index in [0.29, 0.717) is 34.0 Å². The Morgan fingerprint density at radius 3 is 2.39 bits per heavy atom. The highest BCUT2D eigenvalue weighted by molar-refractivity contribution is 6.50. The third kappa shape index (κ3) is 3.62. The molecule has 0 bridgehead atoms. The van der Waals surface area contributed by atoms with Crippen LogP contribution in [-0.4, -0.2) is 34.5 Å². The first-order valence-electron chi connectivity index (χ1n) is 10.8. The number of nitrogens with zero attached hydrogens (tertiary/aromatic N) is 1. The van der Waals surface area contributed by atoms with Gasteiger partial charge in [0.15, 0.2) is 0 Å². The van der Waals surface area contributed by atoms with Gasteiger partial charge in [0.25, 0.3) is 11.8 Å². The van der Waals surface area contributed by atoms with Crippen molar-refractivity contribution < 1.29 is 18.4 Å². The first-order chi connectivity index (χ1) is 16.0. The SMILES string of the molecule is CCNCCCn1cc(C2=C(c3c[nH]c4ccc(F)cc34)C(=O)NC2=O)c2cc(F)ccc21. The third-order valence-corrected chi connectivity index (χ3v) is 5.96.